The molecular formula is C11H16N2O2S. The van der Waals surface area contributed by atoms with E-state index in [1.165, 1.54) is 19.4 Å². The van der Waals surface area contributed by atoms with Crippen molar-refractivity contribution >= 4 is 11.3 Å². The molecule has 3 rings (SSSR count). The van der Waals surface area contributed by atoms with E-state index in [9.17, 15) is 0 Å². The third-order valence-corrected chi connectivity index (χ3v) is 4.38. The van der Waals surface area contributed by atoms with Gasteiger partial charge < -0.3 is 9.84 Å². The Hall–Kier alpha value is -0.490. The summed E-state index contributed by atoms with van der Waals surface area (Å²) >= 11 is 1.59. The highest BCUT2D eigenvalue weighted by molar-refractivity contribution is 7.09. The van der Waals surface area contributed by atoms with Crippen molar-refractivity contribution in [2.75, 3.05) is 19.7 Å². The molecule has 1 N–H and O–H groups in total. The van der Waals surface area contributed by atoms with Crippen LogP contribution in [0.25, 0.3) is 0 Å². The standard InChI is InChI=1S/C11H16N2O2S/c14-5-8-7-16-11(12-8)10-4-13-3-1-2-9(13)6-15-10/h7,9-10,14H,1-6H2. The van der Waals surface area contributed by atoms with E-state index in [1.54, 1.807) is 11.3 Å². The topological polar surface area (TPSA) is 45.6 Å². The molecule has 0 spiro atoms. The van der Waals surface area contributed by atoms with Crippen LogP contribution in [0.3, 0.4) is 0 Å². The lowest BCUT2D eigenvalue weighted by atomic mass is 10.2. The third kappa shape index (κ3) is 1.88. The SMILES string of the molecule is OCc1csc(C2CN3CCCC3CO2)n1. The van der Waals surface area contributed by atoms with Gasteiger partial charge in [0.2, 0.25) is 0 Å². The number of hydrogen-bond acceptors (Lipinski definition) is 5. The first-order valence-electron chi connectivity index (χ1n) is 5.77. The number of thiazole rings is 1. The number of ether oxygens (including phenoxy) is 1. The van der Waals surface area contributed by atoms with Crippen LogP contribution >= 0.6 is 11.3 Å². The van der Waals surface area contributed by atoms with Gasteiger partial charge in [0, 0.05) is 18.0 Å². The summed E-state index contributed by atoms with van der Waals surface area (Å²) < 4.78 is 5.86. The fourth-order valence-corrected chi connectivity index (χ4v) is 3.36. The smallest absolute Gasteiger partial charge is 0.123 e. The molecule has 2 aliphatic rings. The highest BCUT2D eigenvalue weighted by Gasteiger charge is 2.33. The van der Waals surface area contributed by atoms with Crippen molar-refractivity contribution in [2.24, 2.45) is 0 Å². The van der Waals surface area contributed by atoms with Crippen molar-refractivity contribution in [2.45, 2.75) is 31.6 Å². The second-order valence-electron chi connectivity index (χ2n) is 4.45. The molecule has 2 unspecified atom stereocenters. The fraction of sp³-hybridized carbons (Fsp3) is 0.727. The minimum atomic E-state index is 0.0234. The second-order valence-corrected chi connectivity index (χ2v) is 5.34. The van der Waals surface area contributed by atoms with Crippen molar-refractivity contribution in [3.8, 4) is 0 Å². The third-order valence-electron chi connectivity index (χ3n) is 3.40. The summed E-state index contributed by atoms with van der Waals surface area (Å²) in [4.78, 5) is 6.89. The van der Waals surface area contributed by atoms with Gasteiger partial charge in [-0.1, -0.05) is 0 Å². The molecule has 4 nitrogen and oxygen atoms in total. The number of aromatic nitrogens is 1. The Balaban J connectivity index is 1.71. The maximum atomic E-state index is 8.99. The molecule has 0 aliphatic carbocycles. The monoisotopic (exact) mass is 240 g/mol. The molecule has 0 aromatic carbocycles. The van der Waals surface area contributed by atoms with Crippen LogP contribution < -0.4 is 0 Å². The van der Waals surface area contributed by atoms with Gasteiger partial charge in [-0.25, -0.2) is 4.98 Å². The van der Waals surface area contributed by atoms with Gasteiger partial charge in [0.1, 0.15) is 11.1 Å². The number of nitrogens with zero attached hydrogens (tertiary/aromatic N) is 2. The Morgan fingerprint density at radius 3 is 3.38 bits per heavy atom. The Bertz CT molecular complexity index is 369. The Morgan fingerprint density at radius 2 is 2.56 bits per heavy atom. The number of rotatable bonds is 2. The van der Waals surface area contributed by atoms with Gasteiger partial charge in [0.05, 0.1) is 18.9 Å². The van der Waals surface area contributed by atoms with E-state index in [4.69, 9.17) is 9.84 Å². The van der Waals surface area contributed by atoms with Crippen molar-refractivity contribution in [3.05, 3.63) is 16.1 Å². The van der Waals surface area contributed by atoms with Gasteiger partial charge >= 0.3 is 0 Å². The van der Waals surface area contributed by atoms with Gasteiger partial charge in [0.15, 0.2) is 0 Å². The molecule has 1 aromatic heterocycles. The average molecular weight is 240 g/mol. The minimum absolute atomic E-state index is 0.0234. The quantitative estimate of drug-likeness (QED) is 0.843. The number of aliphatic hydroxyl groups excluding tert-OH is 1. The molecule has 2 atom stereocenters. The summed E-state index contributed by atoms with van der Waals surface area (Å²) in [7, 11) is 0. The molecule has 1 aromatic rings. The van der Waals surface area contributed by atoms with Gasteiger partial charge in [0.25, 0.3) is 0 Å². The van der Waals surface area contributed by atoms with Crippen molar-refractivity contribution < 1.29 is 9.84 Å². The van der Waals surface area contributed by atoms with E-state index in [0.717, 1.165) is 23.9 Å². The molecule has 0 saturated carbocycles. The van der Waals surface area contributed by atoms with Crippen molar-refractivity contribution in [1.82, 2.24) is 9.88 Å². The summed E-state index contributed by atoms with van der Waals surface area (Å²) in [6.07, 6.45) is 2.67. The number of aliphatic hydroxyl groups is 1. The second kappa shape index (κ2) is 4.41. The lowest BCUT2D eigenvalue weighted by molar-refractivity contribution is -0.0503. The Labute approximate surface area is 98.9 Å². The molecule has 2 fully saturated rings. The van der Waals surface area contributed by atoms with Crippen molar-refractivity contribution in [3.63, 3.8) is 0 Å². The first-order chi connectivity index (χ1) is 7.86. The fourth-order valence-electron chi connectivity index (χ4n) is 2.51. The summed E-state index contributed by atoms with van der Waals surface area (Å²) in [5, 5.41) is 11.9. The highest BCUT2D eigenvalue weighted by Crippen LogP contribution is 2.31. The van der Waals surface area contributed by atoms with Gasteiger partial charge in [-0.3, -0.25) is 4.90 Å². The minimum Gasteiger partial charge on any atom is -0.390 e. The molecule has 0 bridgehead atoms. The normalized spacial score (nSPS) is 30.6. The predicted octanol–water partition coefficient (Wildman–Crippen LogP) is 1.17. The van der Waals surface area contributed by atoms with Crippen LogP contribution in [0, 0.1) is 0 Å². The number of hydrogen-bond donors (Lipinski definition) is 1. The maximum absolute atomic E-state index is 8.99. The van der Waals surface area contributed by atoms with Gasteiger partial charge in [-0.2, -0.15) is 0 Å². The van der Waals surface area contributed by atoms with Crippen molar-refractivity contribution in [1.29, 1.82) is 0 Å². The molecule has 0 amide bonds. The zero-order valence-corrected chi connectivity index (χ0v) is 9.95. The van der Waals surface area contributed by atoms with E-state index in [0.29, 0.717) is 6.04 Å². The average Bonchev–Trinajstić information content (AvgIpc) is 2.96. The summed E-state index contributed by atoms with van der Waals surface area (Å²) in [5.41, 5.74) is 0.757. The molecule has 2 saturated heterocycles. The molecule has 5 heteroatoms. The van der Waals surface area contributed by atoms with Crippen LogP contribution in [0.15, 0.2) is 5.38 Å². The Kier molecular flexibility index (Phi) is 2.93. The maximum Gasteiger partial charge on any atom is 0.123 e. The summed E-state index contributed by atoms with van der Waals surface area (Å²) in [5.74, 6) is 0. The van der Waals surface area contributed by atoms with Crippen LogP contribution in [0.1, 0.15) is 29.6 Å². The van der Waals surface area contributed by atoms with Crippen LogP contribution in [0.5, 0.6) is 0 Å². The van der Waals surface area contributed by atoms with E-state index in [1.807, 2.05) is 5.38 Å². The van der Waals surface area contributed by atoms with Crippen LogP contribution in [-0.4, -0.2) is 40.7 Å². The first-order valence-corrected chi connectivity index (χ1v) is 6.65. The van der Waals surface area contributed by atoms with Crippen LogP contribution in [-0.2, 0) is 11.3 Å². The number of morpholine rings is 1. The van der Waals surface area contributed by atoms with Gasteiger partial charge in [-0.05, 0) is 19.4 Å². The van der Waals surface area contributed by atoms with Crippen LogP contribution in [0.2, 0.25) is 0 Å². The molecular weight excluding hydrogens is 224 g/mol. The molecule has 88 valence electrons. The zero-order valence-electron chi connectivity index (χ0n) is 9.13. The number of fused-ring (bicyclic) bond motifs is 1. The van der Waals surface area contributed by atoms with Crippen LogP contribution in [0.4, 0.5) is 0 Å². The zero-order chi connectivity index (χ0) is 11.0. The van der Waals surface area contributed by atoms with E-state index in [2.05, 4.69) is 9.88 Å². The molecule has 2 aliphatic heterocycles. The lowest BCUT2D eigenvalue weighted by Gasteiger charge is -2.34. The summed E-state index contributed by atoms with van der Waals surface area (Å²) in [6.45, 7) is 3.01. The molecule has 16 heavy (non-hydrogen) atoms. The predicted molar refractivity (Wildman–Crippen MR) is 61.3 cm³/mol. The summed E-state index contributed by atoms with van der Waals surface area (Å²) in [6, 6.07) is 0.633. The van der Waals surface area contributed by atoms with Gasteiger partial charge in [-0.15, -0.1) is 11.3 Å². The highest BCUT2D eigenvalue weighted by atomic mass is 32.1. The van der Waals surface area contributed by atoms with E-state index in [-0.39, 0.29) is 12.7 Å². The lowest BCUT2D eigenvalue weighted by Crippen LogP contribution is -2.42. The molecule has 3 heterocycles. The first kappa shape index (κ1) is 10.7. The largest absolute Gasteiger partial charge is 0.390 e. The Morgan fingerprint density at radius 1 is 1.62 bits per heavy atom. The molecule has 0 radical (unpaired) electrons. The van der Waals surface area contributed by atoms with E-state index < -0.39 is 0 Å². The van der Waals surface area contributed by atoms with E-state index >= 15 is 0 Å².